The first-order valence-electron chi connectivity index (χ1n) is 9.31. The topological polar surface area (TPSA) is 120 Å². The van der Waals surface area contributed by atoms with Gasteiger partial charge in [-0.1, -0.05) is 41.6 Å². The quantitative estimate of drug-likeness (QED) is 0.453. The SMILES string of the molecule is Cc1ccc(Nc2nc(N)nc(CSc3nnnn3-c3cc(C)ccc3C)n2)cc1. The lowest BCUT2D eigenvalue weighted by Gasteiger charge is -2.09. The summed E-state index contributed by atoms with van der Waals surface area (Å²) in [4.78, 5) is 12.9. The standard InChI is InChI=1S/C20H21N9S/c1-12-5-8-15(9-6-12)22-19-24-17(23-18(21)25-19)11-30-20-26-27-28-29(20)16-10-13(2)4-7-14(16)3/h4-10H,11H2,1-3H3,(H3,21,22,23,24,25). The van der Waals surface area contributed by atoms with E-state index in [-0.39, 0.29) is 5.95 Å². The molecule has 3 N–H and O–H groups in total. The van der Waals surface area contributed by atoms with Crippen molar-refractivity contribution in [1.82, 2.24) is 35.2 Å². The molecule has 152 valence electrons. The van der Waals surface area contributed by atoms with Crippen LogP contribution in [0, 0.1) is 20.8 Å². The van der Waals surface area contributed by atoms with E-state index in [2.05, 4.69) is 54.0 Å². The number of benzene rings is 2. The molecule has 0 unspecified atom stereocenters. The van der Waals surface area contributed by atoms with E-state index in [4.69, 9.17) is 5.73 Å². The molecule has 9 nitrogen and oxygen atoms in total. The number of nitrogens with zero attached hydrogens (tertiary/aromatic N) is 7. The lowest BCUT2D eigenvalue weighted by Crippen LogP contribution is -2.07. The van der Waals surface area contributed by atoms with Gasteiger partial charge >= 0.3 is 0 Å². The Morgan fingerprint density at radius 1 is 0.967 bits per heavy atom. The van der Waals surface area contributed by atoms with Crippen molar-refractivity contribution in [2.75, 3.05) is 11.1 Å². The molecule has 0 amide bonds. The Morgan fingerprint density at radius 3 is 2.53 bits per heavy atom. The summed E-state index contributed by atoms with van der Waals surface area (Å²) in [5.41, 5.74) is 11.1. The van der Waals surface area contributed by atoms with E-state index in [1.165, 1.54) is 17.3 Å². The van der Waals surface area contributed by atoms with E-state index in [1.54, 1.807) is 4.68 Å². The first-order chi connectivity index (χ1) is 14.5. The van der Waals surface area contributed by atoms with Crippen molar-refractivity contribution >= 4 is 29.3 Å². The average Bonchev–Trinajstić information content (AvgIpc) is 3.18. The zero-order chi connectivity index (χ0) is 21.1. The third kappa shape index (κ3) is 4.54. The molecule has 0 aliphatic heterocycles. The Hall–Kier alpha value is -3.53. The summed E-state index contributed by atoms with van der Waals surface area (Å²) in [6, 6.07) is 14.1. The van der Waals surface area contributed by atoms with Gasteiger partial charge in [-0.3, -0.25) is 0 Å². The number of aryl methyl sites for hydroxylation is 3. The molecule has 30 heavy (non-hydrogen) atoms. The third-order valence-electron chi connectivity index (χ3n) is 4.37. The summed E-state index contributed by atoms with van der Waals surface area (Å²) in [5, 5.41) is 15.9. The minimum atomic E-state index is 0.157. The Balaban J connectivity index is 1.52. The van der Waals surface area contributed by atoms with Gasteiger partial charge in [0.1, 0.15) is 5.82 Å². The van der Waals surface area contributed by atoms with Crippen LogP contribution in [0.25, 0.3) is 5.69 Å². The van der Waals surface area contributed by atoms with Crippen LogP contribution in [0.3, 0.4) is 0 Å². The number of thioether (sulfide) groups is 1. The fourth-order valence-electron chi connectivity index (χ4n) is 2.82. The van der Waals surface area contributed by atoms with Gasteiger partial charge in [0.25, 0.3) is 0 Å². The molecular formula is C20H21N9S. The number of hydrogen-bond acceptors (Lipinski definition) is 9. The first-order valence-corrected chi connectivity index (χ1v) is 10.3. The van der Waals surface area contributed by atoms with E-state index in [0.29, 0.717) is 22.7 Å². The second-order valence-corrected chi connectivity index (χ2v) is 7.82. The molecule has 2 heterocycles. The van der Waals surface area contributed by atoms with Gasteiger partial charge in [0.2, 0.25) is 17.1 Å². The molecule has 0 fully saturated rings. The van der Waals surface area contributed by atoms with Crippen LogP contribution in [0.15, 0.2) is 47.6 Å². The molecule has 0 saturated carbocycles. The number of nitrogens with two attached hydrogens (primary N) is 1. The number of tetrazole rings is 1. The van der Waals surface area contributed by atoms with Crippen molar-refractivity contribution in [2.24, 2.45) is 0 Å². The predicted molar refractivity (Wildman–Crippen MR) is 117 cm³/mol. The monoisotopic (exact) mass is 419 g/mol. The Kier molecular flexibility index (Phi) is 5.57. The highest BCUT2D eigenvalue weighted by molar-refractivity contribution is 7.98. The van der Waals surface area contributed by atoms with Gasteiger partial charge < -0.3 is 11.1 Å². The summed E-state index contributed by atoms with van der Waals surface area (Å²) in [6.07, 6.45) is 0. The normalized spacial score (nSPS) is 10.9. The molecule has 0 aliphatic carbocycles. The van der Waals surface area contributed by atoms with Crippen molar-refractivity contribution in [3.05, 3.63) is 65.0 Å². The lowest BCUT2D eigenvalue weighted by atomic mass is 10.1. The van der Waals surface area contributed by atoms with Crippen LogP contribution in [0.4, 0.5) is 17.6 Å². The average molecular weight is 420 g/mol. The molecule has 2 aromatic heterocycles. The Bertz CT molecular complexity index is 1170. The van der Waals surface area contributed by atoms with Crippen molar-refractivity contribution < 1.29 is 0 Å². The Morgan fingerprint density at radius 2 is 1.73 bits per heavy atom. The number of nitrogen functional groups attached to an aromatic ring is 1. The number of nitrogens with one attached hydrogen (secondary N) is 1. The molecule has 0 spiro atoms. The van der Waals surface area contributed by atoms with Crippen LogP contribution < -0.4 is 11.1 Å². The summed E-state index contributed by atoms with van der Waals surface area (Å²) in [7, 11) is 0. The Labute approximate surface area is 178 Å². The van der Waals surface area contributed by atoms with E-state index in [1.807, 2.05) is 45.0 Å². The lowest BCUT2D eigenvalue weighted by molar-refractivity contribution is 0.751. The van der Waals surface area contributed by atoms with Crippen LogP contribution in [0.1, 0.15) is 22.5 Å². The molecule has 0 saturated heterocycles. The van der Waals surface area contributed by atoms with Crippen molar-refractivity contribution in [2.45, 2.75) is 31.7 Å². The number of anilines is 3. The number of hydrogen-bond donors (Lipinski definition) is 2. The molecular weight excluding hydrogens is 398 g/mol. The molecule has 0 radical (unpaired) electrons. The highest BCUT2D eigenvalue weighted by Crippen LogP contribution is 2.24. The van der Waals surface area contributed by atoms with Gasteiger partial charge in [0.05, 0.1) is 11.4 Å². The molecule has 2 aromatic carbocycles. The minimum absolute atomic E-state index is 0.157. The second-order valence-electron chi connectivity index (χ2n) is 6.88. The first kappa shape index (κ1) is 19.8. The third-order valence-corrected chi connectivity index (χ3v) is 5.29. The van der Waals surface area contributed by atoms with Crippen molar-refractivity contribution in [3.63, 3.8) is 0 Å². The predicted octanol–water partition coefficient (Wildman–Crippen LogP) is 3.39. The number of rotatable bonds is 6. The maximum Gasteiger partial charge on any atom is 0.232 e. The minimum Gasteiger partial charge on any atom is -0.368 e. The van der Waals surface area contributed by atoms with E-state index in [0.717, 1.165) is 22.5 Å². The van der Waals surface area contributed by atoms with Gasteiger partial charge in [-0.25, -0.2) is 0 Å². The van der Waals surface area contributed by atoms with Crippen LogP contribution in [0.2, 0.25) is 0 Å². The molecule has 4 aromatic rings. The molecule has 0 bridgehead atoms. The largest absolute Gasteiger partial charge is 0.368 e. The molecule has 0 atom stereocenters. The summed E-state index contributed by atoms with van der Waals surface area (Å²) >= 11 is 1.43. The van der Waals surface area contributed by atoms with Gasteiger partial charge in [0.15, 0.2) is 0 Å². The second kappa shape index (κ2) is 8.46. The fourth-order valence-corrected chi connectivity index (χ4v) is 3.56. The maximum absolute atomic E-state index is 5.89. The molecule has 4 rings (SSSR count). The maximum atomic E-state index is 5.89. The highest BCUT2D eigenvalue weighted by Gasteiger charge is 2.13. The zero-order valence-corrected chi connectivity index (χ0v) is 17.7. The van der Waals surface area contributed by atoms with Crippen LogP contribution in [-0.4, -0.2) is 35.2 Å². The van der Waals surface area contributed by atoms with Gasteiger partial charge in [-0.2, -0.15) is 19.6 Å². The number of aromatic nitrogens is 7. The summed E-state index contributed by atoms with van der Waals surface area (Å²) in [6.45, 7) is 6.10. The summed E-state index contributed by atoms with van der Waals surface area (Å²) in [5.74, 6) is 1.54. The summed E-state index contributed by atoms with van der Waals surface area (Å²) < 4.78 is 1.73. The zero-order valence-electron chi connectivity index (χ0n) is 16.9. The van der Waals surface area contributed by atoms with Gasteiger partial charge in [-0.15, -0.1) is 5.10 Å². The highest BCUT2D eigenvalue weighted by atomic mass is 32.2. The van der Waals surface area contributed by atoms with E-state index >= 15 is 0 Å². The van der Waals surface area contributed by atoms with Crippen LogP contribution in [-0.2, 0) is 5.75 Å². The van der Waals surface area contributed by atoms with Crippen molar-refractivity contribution in [3.8, 4) is 5.69 Å². The molecule has 0 aliphatic rings. The van der Waals surface area contributed by atoms with Crippen LogP contribution in [0.5, 0.6) is 0 Å². The van der Waals surface area contributed by atoms with Crippen molar-refractivity contribution in [1.29, 1.82) is 0 Å². The molecule has 10 heteroatoms. The fraction of sp³-hybridized carbons (Fsp3) is 0.200. The van der Waals surface area contributed by atoms with Gasteiger partial charge in [-0.05, 0) is 60.5 Å². The van der Waals surface area contributed by atoms with E-state index in [9.17, 15) is 0 Å². The van der Waals surface area contributed by atoms with E-state index < -0.39 is 0 Å². The van der Waals surface area contributed by atoms with Gasteiger partial charge in [0, 0.05) is 5.69 Å². The smallest absolute Gasteiger partial charge is 0.232 e. The van der Waals surface area contributed by atoms with Crippen LogP contribution >= 0.6 is 11.8 Å².